The first-order chi connectivity index (χ1) is 9.22. The molecule has 0 fully saturated rings. The van der Waals surface area contributed by atoms with E-state index in [1.54, 1.807) is 10.7 Å². The van der Waals surface area contributed by atoms with E-state index in [-0.39, 0.29) is 5.75 Å². The van der Waals surface area contributed by atoms with Gasteiger partial charge >= 0.3 is 0 Å². The Morgan fingerprint density at radius 3 is 2.58 bits per heavy atom. The lowest BCUT2D eigenvalue weighted by atomic mass is 10.1. The number of aryl methyl sites for hydroxylation is 1. The average Bonchev–Trinajstić information content (AvgIpc) is 2.82. The Kier molecular flexibility index (Phi) is 2.83. The Labute approximate surface area is 110 Å². The first-order valence-corrected chi connectivity index (χ1v) is 6.05. The number of hydrogen-bond acceptors (Lipinski definition) is 3. The van der Waals surface area contributed by atoms with Gasteiger partial charge in [0.1, 0.15) is 6.61 Å². The summed E-state index contributed by atoms with van der Waals surface area (Å²) < 4.78 is 7.34. The lowest BCUT2D eigenvalue weighted by molar-refractivity contribution is 0.284. The van der Waals surface area contributed by atoms with Gasteiger partial charge in [0.25, 0.3) is 0 Å². The molecule has 0 aliphatic rings. The standard InChI is InChI=1S/C15H14N2O2/c1-17-7-6-13(16-17)10-19-15-9-12-5-3-2-4-11(12)8-14(15)18/h2-9,18H,10H2,1H3. The number of benzene rings is 2. The molecule has 0 bridgehead atoms. The fourth-order valence-corrected chi connectivity index (χ4v) is 2.01. The number of aromatic hydroxyl groups is 1. The van der Waals surface area contributed by atoms with Gasteiger partial charge in [-0.15, -0.1) is 0 Å². The summed E-state index contributed by atoms with van der Waals surface area (Å²) in [6, 6.07) is 13.3. The zero-order valence-corrected chi connectivity index (χ0v) is 10.6. The molecule has 0 saturated heterocycles. The van der Waals surface area contributed by atoms with E-state index in [9.17, 15) is 5.11 Å². The van der Waals surface area contributed by atoms with Crippen molar-refractivity contribution in [1.29, 1.82) is 0 Å². The summed E-state index contributed by atoms with van der Waals surface area (Å²) in [5, 5.41) is 16.2. The zero-order chi connectivity index (χ0) is 13.2. The van der Waals surface area contributed by atoms with Crippen molar-refractivity contribution < 1.29 is 9.84 Å². The molecule has 3 rings (SSSR count). The molecule has 1 aromatic heterocycles. The van der Waals surface area contributed by atoms with Crippen LogP contribution in [-0.2, 0) is 13.7 Å². The molecule has 1 heterocycles. The van der Waals surface area contributed by atoms with Crippen LogP contribution in [0.4, 0.5) is 0 Å². The van der Waals surface area contributed by atoms with Crippen LogP contribution < -0.4 is 4.74 Å². The fourth-order valence-electron chi connectivity index (χ4n) is 2.01. The minimum Gasteiger partial charge on any atom is -0.504 e. The molecular formula is C15H14N2O2. The number of rotatable bonds is 3. The second-order valence-electron chi connectivity index (χ2n) is 4.44. The van der Waals surface area contributed by atoms with E-state index in [1.807, 2.05) is 49.6 Å². The SMILES string of the molecule is Cn1ccc(COc2cc3ccccc3cc2O)n1. The summed E-state index contributed by atoms with van der Waals surface area (Å²) in [5.41, 5.74) is 0.829. The van der Waals surface area contributed by atoms with Crippen LogP contribution in [0.2, 0.25) is 0 Å². The molecule has 0 aliphatic heterocycles. The number of phenolic OH excluding ortho intramolecular Hbond substituents is 1. The second-order valence-corrected chi connectivity index (χ2v) is 4.44. The van der Waals surface area contributed by atoms with Gasteiger partial charge in [-0.1, -0.05) is 24.3 Å². The Morgan fingerprint density at radius 2 is 1.89 bits per heavy atom. The van der Waals surface area contributed by atoms with E-state index in [2.05, 4.69) is 5.10 Å². The van der Waals surface area contributed by atoms with Crippen LogP contribution in [0.5, 0.6) is 11.5 Å². The van der Waals surface area contributed by atoms with E-state index in [0.29, 0.717) is 12.4 Å². The highest BCUT2D eigenvalue weighted by atomic mass is 16.5. The van der Waals surface area contributed by atoms with Crippen LogP contribution >= 0.6 is 0 Å². The van der Waals surface area contributed by atoms with Gasteiger partial charge in [-0.05, 0) is 29.0 Å². The number of ether oxygens (including phenoxy) is 1. The molecule has 4 heteroatoms. The summed E-state index contributed by atoms with van der Waals surface area (Å²) >= 11 is 0. The largest absolute Gasteiger partial charge is 0.504 e. The predicted molar refractivity (Wildman–Crippen MR) is 73.2 cm³/mol. The van der Waals surface area contributed by atoms with Gasteiger partial charge in [-0.3, -0.25) is 4.68 Å². The lowest BCUT2D eigenvalue weighted by Crippen LogP contribution is -1.98. The molecule has 0 spiro atoms. The quantitative estimate of drug-likeness (QED) is 0.781. The molecule has 0 unspecified atom stereocenters. The monoisotopic (exact) mass is 254 g/mol. The van der Waals surface area contributed by atoms with Crippen LogP contribution in [-0.4, -0.2) is 14.9 Å². The smallest absolute Gasteiger partial charge is 0.162 e. The van der Waals surface area contributed by atoms with Crippen LogP contribution in [0.15, 0.2) is 48.7 Å². The van der Waals surface area contributed by atoms with Crippen molar-refractivity contribution in [2.45, 2.75) is 6.61 Å². The topological polar surface area (TPSA) is 47.3 Å². The maximum atomic E-state index is 9.94. The number of hydrogen-bond donors (Lipinski definition) is 1. The van der Waals surface area contributed by atoms with Crippen molar-refractivity contribution >= 4 is 10.8 Å². The van der Waals surface area contributed by atoms with Gasteiger partial charge in [0.2, 0.25) is 0 Å². The molecule has 0 saturated carbocycles. The van der Waals surface area contributed by atoms with E-state index < -0.39 is 0 Å². The molecular weight excluding hydrogens is 240 g/mol. The van der Waals surface area contributed by atoms with E-state index in [1.165, 1.54) is 0 Å². The van der Waals surface area contributed by atoms with Crippen LogP contribution in [0.1, 0.15) is 5.69 Å². The van der Waals surface area contributed by atoms with Crippen molar-refractivity contribution in [2.24, 2.45) is 7.05 Å². The number of nitrogens with zero attached hydrogens (tertiary/aromatic N) is 2. The molecule has 0 amide bonds. The van der Waals surface area contributed by atoms with Crippen molar-refractivity contribution in [2.75, 3.05) is 0 Å². The molecule has 0 radical (unpaired) electrons. The van der Waals surface area contributed by atoms with Gasteiger partial charge < -0.3 is 9.84 Å². The minimum atomic E-state index is 0.148. The zero-order valence-electron chi connectivity index (χ0n) is 10.6. The normalized spacial score (nSPS) is 10.8. The summed E-state index contributed by atoms with van der Waals surface area (Å²) in [6.45, 7) is 0.340. The average molecular weight is 254 g/mol. The predicted octanol–water partition coefficient (Wildman–Crippen LogP) is 2.86. The van der Waals surface area contributed by atoms with Gasteiger partial charge in [0, 0.05) is 13.2 Å². The molecule has 19 heavy (non-hydrogen) atoms. The summed E-state index contributed by atoms with van der Waals surface area (Å²) in [5.74, 6) is 0.624. The fraction of sp³-hybridized carbons (Fsp3) is 0.133. The van der Waals surface area contributed by atoms with Crippen LogP contribution in [0.3, 0.4) is 0 Å². The third kappa shape index (κ3) is 2.38. The Hall–Kier alpha value is -2.49. The number of fused-ring (bicyclic) bond motifs is 1. The Morgan fingerprint density at radius 1 is 1.16 bits per heavy atom. The van der Waals surface area contributed by atoms with E-state index >= 15 is 0 Å². The van der Waals surface area contributed by atoms with Crippen molar-refractivity contribution in [3.63, 3.8) is 0 Å². The Balaban J connectivity index is 1.86. The number of aromatic nitrogens is 2. The number of phenols is 1. The maximum absolute atomic E-state index is 9.94. The van der Waals surface area contributed by atoms with Crippen LogP contribution in [0, 0.1) is 0 Å². The first kappa shape index (κ1) is 11.6. The first-order valence-electron chi connectivity index (χ1n) is 6.05. The second kappa shape index (κ2) is 4.65. The highest BCUT2D eigenvalue weighted by Crippen LogP contribution is 2.31. The molecule has 4 nitrogen and oxygen atoms in total. The van der Waals surface area contributed by atoms with Crippen molar-refractivity contribution in [3.8, 4) is 11.5 Å². The lowest BCUT2D eigenvalue weighted by Gasteiger charge is -2.08. The van der Waals surface area contributed by atoms with Crippen molar-refractivity contribution in [3.05, 3.63) is 54.4 Å². The molecule has 0 atom stereocenters. The summed E-state index contributed by atoms with van der Waals surface area (Å²) in [6.07, 6.45) is 1.86. The summed E-state index contributed by atoms with van der Waals surface area (Å²) in [7, 11) is 1.86. The minimum absolute atomic E-state index is 0.148. The van der Waals surface area contributed by atoms with Gasteiger partial charge in [0.15, 0.2) is 11.5 Å². The van der Waals surface area contributed by atoms with E-state index in [4.69, 9.17) is 4.74 Å². The third-order valence-electron chi connectivity index (χ3n) is 2.97. The molecule has 1 N–H and O–H groups in total. The summed E-state index contributed by atoms with van der Waals surface area (Å²) in [4.78, 5) is 0. The molecule has 0 aliphatic carbocycles. The highest BCUT2D eigenvalue weighted by molar-refractivity contribution is 5.85. The maximum Gasteiger partial charge on any atom is 0.162 e. The molecule has 96 valence electrons. The van der Waals surface area contributed by atoms with Crippen molar-refractivity contribution in [1.82, 2.24) is 9.78 Å². The highest BCUT2D eigenvalue weighted by Gasteiger charge is 2.06. The third-order valence-corrected chi connectivity index (χ3v) is 2.97. The van der Waals surface area contributed by atoms with Crippen LogP contribution in [0.25, 0.3) is 10.8 Å². The molecule has 3 aromatic rings. The van der Waals surface area contributed by atoms with Gasteiger partial charge in [-0.25, -0.2) is 0 Å². The van der Waals surface area contributed by atoms with E-state index in [0.717, 1.165) is 16.5 Å². The van der Waals surface area contributed by atoms with Gasteiger partial charge in [-0.2, -0.15) is 5.10 Å². The molecule has 2 aromatic carbocycles. The Bertz CT molecular complexity index is 719. The van der Waals surface area contributed by atoms with Gasteiger partial charge in [0.05, 0.1) is 5.69 Å².